The molecule has 0 aliphatic rings. The number of nitrogens with one attached hydrogen (secondary N) is 1. The molecule has 9 heteroatoms. The summed E-state index contributed by atoms with van der Waals surface area (Å²) in [4.78, 5) is 25.7. The predicted molar refractivity (Wildman–Crippen MR) is 376 cm³/mol. The number of aliphatic hydroxyl groups is 1. The number of phosphoric acid groups is 1. The van der Waals surface area contributed by atoms with Crippen molar-refractivity contribution in [3.8, 4) is 0 Å². The molecule has 0 aliphatic carbocycles. The van der Waals surface area contributed by atoms with Crippen molar-refractivity contribution >= 4 is 13.7 Å². The maximum absolute atomic E-state index is 13.1. The number of rotatable bonds is 68. The Hall–Kier alpha value is -2.32. The van der Waals surface area contributed by atoms with Gasteiger partial charge < -0.3 is 28.8 Å². The normalized spacial score (nSPS) is 14.1. The van der Waals surface area contributed by atoms with Crippen LogP contribution in [0, 0.1) is 0 Å². The summed E-state index contributed by atoms with van der Waals surface area (Å²) in [5, 5.41) is 14.1. The zero-order valence-corrected chi connectivity index (χ0v) is 58.4. The minimum atomic E-state index is -4.58. The van der Waals surface area contributed by atoms with Gasteiger partial charge in [0.1, 0.15) is 13.2 Å². The maximum atomic E-state index is 13.1. The number of hydrogen-bond acceptors (Lipinski definition) is 6. The number of unbranched alkanes of at least 4 members (excludes halogenated alkanes) is 41. The van der Waals surface area contributed by atoms with Gasteiger partial charge in [-0.15, -0.1) is 0 Å². The van der Waals surface area contributed by atoms with Gasteiger partial charge in [0.05, 0.1) is 39.9 Å². The summed E-state index contributed by atoms with van der Waals surface area (Å²) in [6.45, 7) is 4.65. The highest BCUT2D eigenvalue weighted by atomic mass is 31.2. The molecule has 0 radical (unpaired) electrons. The number of nitrogens with zero attached hydrogens (tertiary/aromatic N) is 1. The second kappa shape index (κ2) is 67.1. The van der Waals surface area contributed by atoms with Gasteiger partial charge >= 0.3 is 0 Å². The van der Waals surface area contributed by atoms with Crippen LogP contribution in [0.5, 0.6) is 0 Å². The smallest absolute Gasteiger partial charge is 0.268 e. The van der Waals surface area contributed by atoms with Crippen molar-refractivity contribution in [1.82, 2.24) is 5.32 Å². The average Bonchev–Trinajstić information content (AvgIpc) is 3.70. The minimum absolute atomic E-state index is 0.0122. The molecule has 0 aromatic heterocycles. The van der Waals surface area contributed by atoms with Crippen LogP contribution in [0.4, 0.5) is 0 Å². The zero-order chi connectivity index (χ0) is 62.6. The van der Waals surface area contributed by atoms with E-state index < -0.39 is 20.0 Å². The highest BCUT2D eigenvalue weighted by Gasteiger charge is 2.24. The van der Waals surface area contributed by atoms with E-state index >= 15 is 0 Å². The van der Waals surface area contributed by atoms with Crippen molar-refractivity contribution in [2.24, 2.45) is 0 Å². The molecule has 0 aromatic rings. The minimum Gasteiger partial charge on any atom is -0.756 e. The molecular formula is C77H143N2O6P. The van der Waals surface area contributed by atoms with E-state index in [0.29, 0.717) is 23.9 Å². The van der Waals surface area contributed by atoms with E-state index in [4.69, 9.17) is 9.05 Å². The summed E-state index contributed by atoms with van der Waals surface area (Å²) in [6.07, 6.45) is 95.3. The van der Waals surface area contributed by atoms with Crippen LogP contribution in [0.3, 0.4) is 0 Å². The van der Waals surface area contributed by atoms with Crippen molar-refractivity contribution in [2.45, 2.75) is 360 Å². The van der Waals surface area contributed by atoms with E-state index in [1.54, 1.807) is 0 Å². The summed E-state index contributed by atoms with van der Waals surface area (Å²) >= 11 is 0. The molecule has 0 saturated carbocycles. The number of phosphoric ester groups is 1. The Morgan fingerprint density at radius 3 is 1.03 bits per heavy atom. The Balaban J connectivity index is 3.95. The van der Waals surface area contributed by atoms with Gasteiger partial charge in [0.25, 0.3) is 7.82 Å². The van der Waals surface area contributed by atoms with Crippen LogP contribution < -0.4 is 10.2 Å². The molecule has 0 aromatic carbocycles. The Morgan fingerprint density at radius 2 is 0.709 bits per heavy atom. The molecule has 0 rings (SSSR count). The van der Waals surface area contributed by atoms with Crippen molar-refractivity contribution in [1.29, 1.82) is 0 Å². The lowest BCUT2D eigenvalue weighted by atomic mass is 10.0. The number of carbonyl (C=O) groups excluding carboxylic acids is 1. The largest absolute Gasteiger partial charge is 0.756 e. The summed E-state index contributed by atoms with van der Waals surface area (Å²) in [5.74, 6) is -0.160. The number of amides is 1. The third-order valence-electron chi connectivity index (χ3n) is 16.6. The lowest BCUT2D eigenvalue weighted by molar-refractivity contribution is -0.870. The van der Waals surface area contributed by atoms with E-state index in [0.717, 1.165) is 83.5 Å². The van der Waals surface area contributed by atoms with Crippen LogP contribution >= 0.6 is 7.82 Å². The van der Waals surface area contributed by atoms with Crippen LogP contribution in [0.25, 0.3) is 0 Å². The first-order valence-corrected chi connectivity index (χ1v) is 38.4. The number of quaternary nitrogens is 1. The number of likely N-dealkylation sites (N-methyl/N-ethyl adjacent to an activating group) is 1. The van der Waals surface area contributed by atoms with Crippen molar-refractivity contribution < 1.29 is 32.9 Å². The topological polar surface area (TPSA) is 108 Å². The fourth-order valence-electron chi connectivity index (χ4n) is 11.0. The third kappa shape index (κ3) is 69.2. The molecule has 0 heterocycles. The second-order valence-corrected chi connectivity index (χ2v) is 27.7. The second-order valence-electron chi connectivity index (χ2n) is 26.3. The van der Waals surface area contributed by atoms with E-state index in [9.17, 15) is 19.4 Å². The maximum Gasteiger partial charge on any atom is 0.268 e. The highest BCUT2D eigenvalue weighted by molar-refractivity contribution is 7.45. The zero-order valence-electron chi connectivity index (χ0n) is 57.5. The molecule has 3 unspecified atom stereocenters. The van der Waals surface area contributed by atoms with Gasteiger partial charge in [0.2, 0.25) is 5.91 Å². The molecule has 0 saturated heterocycles. The van der Waals surface area contributed by atoms with Crippen molar-refractivity contribution in [2.75, 3.05) is 40.9 Å². The third-order valence-corrected chi connectivity index (χ3v) is 17.6. The standard InChI is InChI=1S/C77H143N2O6P/c1-6-8-10-12-14-16-18-20-22-24-26-28-30-31-32-33-34-35-36-37-38-39-40-41-42-43-44-45-46-47-49-51-53-55-57-59-61-63-65-67-69-71-77(81)78-75(74-85-86(82,83)84-73-72-79(3,4)5)76(80)70-68-66-64-62-60-58-56-54-52-50-48-29-27-25-23-21-19-17-15-13-11-9-7-2/h8,10,14,16,20,22,26,28,31-32,34-35,37-38,75-76,80H,6-7,9,11-13,15,17-19,21,23-25,27,29-30,33,36,39-74H2,1-5H3,(H-,78,81,82,83)/b10-8-,16-14-,22-20-,28-26-,32-31-,35-34-,38-37-. The van der Waals surface area contributed by atoms with E-state index in [1.807, 2.05) is 21.1 Å². The van der Waals surface area contributed by atoms with Gasteiger partial charge in [-0.25, -0.2) is 0 Å². The lowest BCUT2D eigenvalue weighted by Crippen LogP contribution is -2.46. The first-order valence-electron chi connectivity index (χ1n) is 36.9. The molecule has 0 fully saturated rings. The Bertz CT molecular complexity index is 1680. The molecule has 0 spiro atoms. The van der Waals surface area contributed by atoms with Crippen LogP contribution in [0.1, 0.15) is 348 Å². The Kier molecular flexibility index (Phi) is 65.3. The molecule has 2 N–H and O–H groups in total. The van der Waals surface area contributed by atoms with Gasteiger partial charge in [-0.05, 0) is 70.6 Å². The van der Waals surface area contributed by atoms with Crippen LogP contribution in [-0.4, -0.2) is 68.5 Å². The molecule has 86 heavy (non-hydrogen) atoms. The van der Waals surface area contributed by atoms with Crippen LogP contribution in [0.15, 0.2) is 85.1 Å². The molecular weight excluding hydrogens is 1080 g/mol. The number of allylic oxidation sites excluding steroid dienone is 14. The number of aliphatic hydroxyl groups excluding tert-OH is 1. The van der Waals surface area contributed by atoms with Crippen LogP contribution in [0.2, 0.25) is 0 Å². The number of carbonyl (C=O) groups is 1. The highest BCUT2D eigenvalue weighted by Crippen LogP contribution is 2.38. The Labute approximate surface area is 535 Å². The lowest BCUT2D eigenvalue weighted by Gasteiger charge is -2.30. The van der Waals surface area contributed by atoms with Gasteiger partial charge in [-0.1, -0.05) is 356 Å². The quantitative estimate of drug-likeness (QED) is 0.0272. The first kappa shape index (κ1) is 83.7. The molecule has 1 amide bonds. The van der Waals surface area contributed by atoms with Crippen molar-refractivity contribution in [3.63, 3.8) is 0 Å². The van der Waals surface area contributed by atoms with Crippen molar-refractivity contribution in [3.05, 3.63) is 85.1 Å². The van der Waals surface area contributed by atoms with Crippen LogP contribution in [-0.2, 0) is 18.4 Å². The van der Waals surface area contributed by atoms with Gasteiger partial charge in [0, 0.05) is 6.42 Å². The first-order chi connectivity index (χ1) is 42.0. The Morgan fingerprint density at radius 1 is 0.419 bits per heavy atom. The van der Waals surface area contributed by atoms with E-state index in [1.165, 1.54) is 238 Å². The molecule has 0 aliphatic heterocycles. The van der Waals surface area contributed by atoms with E-state index in [2.05, 4.69) is 104 Å². The summed E-state index contributed by atoms with van der Waals surface area (Å²) in [5.41, 5.74) is 0. The molecule has 3 atom stereocenters. The molecule has 502 valence electrons. The van der Waals surface area contributed by atoms with Gasteiger partial charge in [-0.2, -0.15) is 0 Å². The monoisotopic (exact) mass is 1220 g/mol. The average molecular weight is 1220 g/mol. The van der Waals surface area contributed by atoms with Gasteiger partial charge in [-0.3, -0.25) is 9.36 Å². The van der Waals surface area contributed by atoms with Gasteiger partial charge in [0.15, 0.2) is 0 Å². The molecule has 8 nitrogen and oxygen atoms in total. The fraction of sp³-hybridized carbons (Fsp3) is 0.805. The predicted octanol–water partition coefficient (Wildman–Crippen LogP) is 23.3. The SMILES string of the molecule is CC/C=C\C/C=C\C/C=C\C/C=C\C/C=C\C/C=C\C/C=C\CCCCCCCCCCCCCCCCCCCCCC(=O)NC(COP(=O)([O-])OCC[N+](C)(C)C)C(O)CCCCCCCCCCCCCCCCCCCCCCCCC. The molecule has 0 bridgehead atoms. The van der Waals surface area contributed by atoms with E-state index in [-0.39, 0.29) is 19.1 Å². The summed E-state index contributed by atoms with van der Waals surface area (Å²) in [7, 11) is 1.32. The number of hydrogen-bond donors (Lipinski definition) is 2. The summed E-state index contributed by atoms with van der Waals surface area (Å²) < 4.78 is 23.6. The fourth-order valence-corrected chi connectivity index (χ4v) is 11.7. The summed E-state index contributed by atoms with van der Waals surface area (Å²) in [6, 6.07) is -0.804.